The molecule has 0 aromatic heterocycles. The van der Waals surface area contributed by atoms with Crippen molar-refractivity contribution in [2.75, 3.05) is 13.2 Å². The fourth-order valence-electron chi connectivity index (χ4n) is 7.56. The number of hydrogen-bond acceptors (Lipinski definition) is 10. The molecule has 62 heavy (non-hydrogen) atoms. The number of carbonyl (C=O) groups excluding carboxylic acids is 1. The molecule has 7 atom stereocenters. The molecule has 360 valence electrons. The van der Waals surface area contributed by atoms with E-state index in [2.05, 4.69) is 47.0 Å². The van der Waals surface area contributed by atoms with Gasteiger partial charge in [0.2, 0.25) is 5.91 Å². The van der Waals surface area contributed by atoms with Crippen LogP contribution in [0.2, 0.25) is 0 Å². The lowest BCUT2D eigenvalue weighted by Gasteiger charge is -2.41. The van der Waals surface area contributed by atoms with Gasteiger partial charge >= 0.3 is 10.4 Å². The molecular formula is C49H87NO11S. The molecule has 1 rings (SSSR count). The Kier molecular flexibility index (Phi) is 36.8. The zero-order valence-corrected chi connectivity index (χ0v) is 39.4. The summed E-state index contributed by atoms with van der Waals surface area (Å²) < 4.78 is 47.6. The highest BCUT2D eigenvalue weighted by atomic mass is 32.3. The Bertz CT molecular complexity index is 1350. The van der Waals surface area contributed by atoms with Crippen molar-refractivity contribution in [2.24, 2.45) is 0 Å². The van der Waals surface area contributed by atoms with Gasteiger partial charge in [-0.25, -0.2) is 4.18 Å². The van der Waals surface area contributed by atoms with Gasteiger partial charge in [0.1, 0.15) is 24.4 Å². The van der Waals surface area contributed by atoms with E-state index in [4.69, 9.17) is 9.47 Å². The van der Waals surface area contributed by atoms with Gasteiger partial charge in [0, 0.05) is 19.3 Å². The van der Waals surface area contributed by atoms with E-state index in [1.54, 1.807) is 6.08 Å². The molecule has 1 unspecified atom stereocenters. The Morgan fingerprint density at radius 1 is 0.694 bits per heavy atom. The number of nitrogens with one attached hydrogen (secondary N) is 1. The molecule has 1 heterocycles. The first-order valence-electron chi connectivity index (χ1n) is 24.5. The summed E-state index contributed by atoms with van der Waals surface area (Å²) in [6, 6.07) is -0.961. The second-order valence-corrected chi connectivity index (χ2v) is 18.2. The first-order chi connectivity index (χ1) is 30.0. The third kappa shape index (κ3) is 31.7. The minimum Gasteiger partial charge on any atom is -0.394 e. The van der Waals surface area contributed by atoms with Gasteiger partial charge in [0.05, 0.1) is 25.4 Å². The van der Waals surface area contributed by atoms with Gasteiger partial charge in [0.15, 0.2) is 6.29 Å². The highest BCUT2D eigenvalue weighted by Crippen LogP contribution is 2.26. The molecular weight excluding hydrogens is 811 g/mol. The maximum atomic E-state index is 13.0. The normalized spacial score (nSPS) is 20.0. The zero-order chi connectivity index (χ0) is 45.5. The van der Waals surface area contributed by atoms with Gasteiger partial charge in [-0.05, 0) is 43.9 Å². The molecule has 1 aliphatic heterocycles. The van der Waals surface area contributed by atoms with Crippen molar-refractivity contribution < 1.29 is 51.8 Å². The quantitative estimate of drug-likeness (QED) is 0.0149. The summed E-state index contributed by atoms with van der Waals surface area (Å²) in [5.74, 6) is 12.0. The lowest BCUT2D eigenvalue weighted by atomic mass is 9.99. The number of allylic oxidation sites excluding steroid dienone is 1. The van der Waals surface area contributed by atoms with E-state index in [1.165, 1.54) is 109 Å². The smallest absolute Gasteiger partial charge is 0.394 e. The number of aliphatic hydroxyl groups excluding tert-OH is 4. The van der Waals surface area contributed by atoms with E-state index in [1.807, 2.05) is 6.08 Å². The summed E-state index contributed by atoms with van der Waals surface area (Å²) in [4.78, 5) is 13.0. The molecule has 13 heteroatoms. The number of ether oxygens (including phenoxy) is 2. The van der Waals surface area contributed by atoms with Gasteiger partial charge in [0.25, 0.3) is 0 Å². The fraction of sp³-hybridized carbons (Fsp3) is 0.857. The molecule has 6 N–H and O–H groups in total. The number of carbonyl (C=O) groups is 1. The standard InChI is InChI=1S/C49H87NO11S/c1-3-5-7-9-11-13-15-17-19-20-21-22-23-24-25-27-29-31-33-35-37-39-45(53)50-42(41-59-49-47(55)48(61-62(56,57)58)46(54)44(40-51)60-49)43(52)38-36-34-32-30-28-26-18-16-14-12-10-8-6-4-2/h36,38,42-44,46-49,51-52,54-55H,3-20,25-35,37,39-41H2,1-2H3,(H,50,53)(H,56,57,58)/b38-36+/t42-,43?,44+,46-,47+,48-,49+/m0/s1. The maximum absolute atomic E-state index is 13.0. The van der Waals surface area contributed by atoms with Gasteiger partial charge in [-0.15, -0.1) is 0 Å². The summed E-state index contributed by atoms with van der Waals surface area (Å²) >= 11 is 0. The Morgan fingerprint density at radius 3 is 1.61 bits per heavy atom. The van der Waals surface area contributed by atoms with Crippen LogP contribution in [0.15, 0.2) is 12.2 Å². The zero-order valence-electron chi connectivity index (χ0n) is 38.6. The molecule has 12 nitrogen and oxygen atoms in total. The summed E-state index contributed by atoms with van der Waals surface area (Å²) in [6.45, 7) is 3.35. The largest absolute Gasteiger partial charge is 0.397 e. The van der Waals surface area contributed by atoms with E-state index in [0.29, 0.717) is 6.42 Å². The monoisotopic (exact) mass is 898 g/mol. The number of rotatable bonds is 39. The van der Waals surface area contributed by atoms with Crippen LogP contribution in [0.25, 0.3) is 0 Å². The van der Waals surface area contributed by atoms with Crippen molar-refractivity contribution in [3.8, 4) is 23.7 Å². The third-order valence-electron chi connectivity index (χ3n) is 11.4. The Balaban J connectivity index is 2.49. The average Bonchev–Trinajstić information content (AvgIpc) is 3.24. The van der Waals surface area contributed by atoms with E-state index in [9.17, 15) is 38.2 Å². The van der Waals surface area contributed by atoms with Crippen LogP contribution in [0.1, 0.15) is 213 Å². The SMILES string of the molecule is CCCCCCCCCCCC#CC#CCCCCCCCCC(=O)N[C@@H](CO[C@@H]1O[C@H](CO)[C@H](O)[C@H](OS(=O)(=O)O)[C@H]1O)C(O)/C=C/CCCCCCCCCCCCCC. The van der Waals surface area contributed by atoms with E-state index in [-0.39, 0.29) is 18.9 Å². The first-order valence-corrected chi connectivity index (χ1v) is 25.9. The van der Waals surface area contributed by atoms with Crippen molar-refractivity contribution in [1.82, 2.24) is 5.32 Å². The molecule has 0 bridgehead atoms. The predicted octanol–water partition coefficient (Wildman–Crippen LogP) is 9.17. The number of amides is 1. The Labute approximate surface area is 377 Å². The van der Waals surface area contributed by atoms with Gasteiger partial charge in [-0.1, -0.05) is 186 Å². The molecule has 0 aromatic rings. The summed E-state index contributed by atoms with van der Waals surface area (Å²) in [5, 5.41) is 44.7. The topological polar surface area (TPSA) is 192 Å². The summed E-state index contributed by atoms with van der Waals surface area (Å²) in [6.07, 6.45) is 28.8. The van der Waals surface area contributed by atoms with Crippen LogP contribution in [-0.2, 0) is 28.9 Å². The first kappa shape index (κ1) is 58.0. The van der Waals surface area contributed by atoms with Crippen LogP contribution < -0.4 is 5.32 Å². The van der Waals surface area contributed by atoms with Crippen LogP contribution in [0.5, 0.6) is 0 Å². The van der Waals surface area contributed by atoms with Crippen molar-refractivity contribution in [2.45, 2.75) is 256 Å². The highest BCUT2D eigenvalue weighted by molar-refractivity contribution is 7.80. The molecule has 0 aromatic carbocycles. The van der Waals surface area contributed by atoms with Crippen molar-refractivity contribution in [3.63, 3.8) is 0 Å². The van der Waals surface area contributed by atoms with E-state index >= 15 is 0 Å². The number of aliphatic hydroxyl groups is 4. The molecule has 0 radical (unpaired) electrons. The molecule has 1 fully saturated rings. The molecule has 1 saturated heterocycles. The van der Waals surface area contributed by atoms with Crippen molar-refractivity contribution >= 4 is 16.3 Å². The lowest BCUT2D eigenvalue weighted by molar-refractivity contribution is -0.298. The van der Waals surface area contributed by atoms with Crippen molar-refractivity contribution in [3.05, 3.63) is 12.2 Å². The van der Waals surface area contributed by atoms with E-state index in [0.717, 1.165) is 77.0 Å². The maximum Gasteiger partial charge on any atom is 0.397 e. The fourth-order valence-corrected chi connectivity index (χ4v) is 8.07. The average molecular weight is 898 g/mol. The van der Waals surface area contributed by atoms with Gasteiger partial charge in [-0.2, -0.15) is 8.42 Å². The second-order valence-electron chi connectivity index (χ2n) is 17.1. The Hall–Kier alpha value is -2.04. The molecule has 1 aliphatic rings. The van der Waals surface area contributed by atoms with Crippen molar-refractivity contribution in [1.29, 1.82) is 0 Å². The second kappa shape index (κ2) is 39.3. The summed E-state index contributed by atoms with van der Waals surface area (Å²) in [7, 11) is -5.09. The van der Waals surface area contributed by atoms with E-state index < -0.39 is 59.9 Å². The third-order valence-corrected chi connectivity index (χ3v) is 11.9. The molecule has 0 saturated carbocycles. The van der Waals surface area contributed by atoms with Crippen LogP contribution >= 0.6 is 0 Å². The van der Waals surface area contributed by atoms with Crippen LogP contribution in [0.4, 0.5) is 0 Å². The van der Waals surface area contributed by atoms with Crippen LogP contribution in [-0.4, -0.2) is 95.4 Å². The molecule has 0 aliphatic carbocycles. The lowest BCUT2D eigenvalue weighted by Crippen LogP contribution is -2.61. The van der Waals surface area contributed by atoms with Gasteiger partial charge < -0.3 is 35.2 Å². The predicted molar refractivity (Wildman–Crippen MR) is 247 cm³/mol. The molecule has 1 amide bonds. The summed E-state index contributed by atoms with van der Waals surface area (Å²) in [5.41, 5.74) is 0. The number of unbranched alkanes of at least 4 members (excludes halogenated alkanes) is 27. The molecule has 0 spiro atoms. The van der Waals surface area contributed by atoms with Gasteiger partial charge in [-0.3, -0.25) is 9.35 Å². The minimum absolute atomic E-state index is 0.237. The van der Waals surface area contributed by atoms with Crippen LogP contribution in [0, 0.1) is 23.7 Å². The number of hydrogen-bond donors (Lipinski definition) is 6. The van der Waals surface area contributed by atoms with Crippen LogP contribution in [0.3, 0.4) is 0 Å². The minimum atomic E-state index is -5.09. The highest BCUT2D eigenvalue weighted by Gasteiger charge is 2.48. The Morgan fingerprint density at radius 2 is 1.15 bits per heavy atom.